The molecule has 0 saturated heterocycles. The Morgan fingerprint density at radius 1 is 1.33 bits per heavy atom. The van der Waals surface area contributed by atoms with Crippen molar-refractivity contribution in [2.24, 2.45) is 0 Å². The van der Waals surface area contributed by atoms with Gasteiger partial charge in [0, 0.05) is 11.8 Å². The second-order valence-corrected chi connectivity index (χ2v) is 8.92. The van der Waals surface area contributed by atoms with Crippen molar-refractivity contribution in [1.82, 2.24) is 0 Å². The average Bonchev–Trinajstić information content (AvgIpc) is 2.16. The van der Waals surface area contributed by atoms with Crippen molar-refractivity contribution in [3.05, 3.63) is 35.9 Å². The summed E-state index contributed by atoms with van der Waals surface area (Å²) in [6.45, 7) is 0. The fourth-order valence-electron chi connectivity index (χ4n) is 0.926. The highest BCUT2D eigenvalue weighted by atomic mass is 127. The van der Waals surface area contributed by atoms with Crippen molar-refractivity contribution in [3.8, 4) is 0 Å². The number of alkyl halides is 2. The Balaban J connectivity index is 3.17. The number of benzene rings is 1. The monoisotopic (exact) mass is 358 g/mol. The van der Waals surface area contributed by atoms with Crippen LogP contribution in [-0.2, 0) is 9.84 Å². The van der Waals surface area contributed by atoms with Gasteiger partial charge in [-0.1, -0.05) is 41.9 Å². The van der Waals surface area contributed by atoms with E-state index in [0.29, 0.717) is 0 Å². The number of Topliss-reactive ketones (excluding diaryl/α,β-unsaturated/α-hetero) is 1. The maximum absolute atomic E-state index is 11.8. The summed E-state index contributed by atoms with van der Waals surface area (Å²) in [5.74, 6) is -0.618. The Hall–Kier alpha value is -0.140. The fourth-order valence-corrected chi connectivity index (χ4v) is 1.80. The molecule has 1 aromatic rings. The smallest absolute Gasteiger partial charge is 0.257 e. The number of halogens is 2. The predicted octanol–water partition coefficient (Wildman–Crippen LogP) is 2.24. The van der Waals surface area contributed by atoms with Gasteiger partial charge in [0.25, 0.3) is 2.21 Å². The van der Waals surface area contributed by atoms with Gasteiger partial charge >= 0.3 is 0 Å². The number of carbonyl (C=O) groups excluding carboxylic acids is 1. The molecule has 3 nitrogen and oxygen atoms in total. The normalized spacial score (nSPS) is 15.7. The van der Waals surface area contributed by atoms with E-state index >= 15 is 0 Å². The molecule has 0 heterocycles. The van der Waals surface area contributed by atoms with Crippen LogP contribution in [0.1, 0.15) is 10.4 Å². The van der Waals surface area contributed by atoms with Crippen molar-refractivity contribution >= 4 is 49.8 Å². The van der Waals surface area contributed by atoms with Crippen LogP contribution in [0.3, 0.4) is 0 Å². The first-order valence-corrected chi connectivity index (χ1v) is 7.29. The Bertz CT molecular complexity index is 467. The highest BCUT2D eigenvalue weighted by Gasteiger charge is 2.43. The zero-order chi connectivity index (χ0) is 11.7. The minimum absolute atomic E-state index is 0.285. The van der Waals surface area contributed by atoms with Gasteiger partial charge < -0.3 is 0 Å². The summed E-state index contributed by atoms with van der Waals surface area (Å²) in [5, 5.41) is 0. The van der Waals surface area contributed by atoms with Gasteiger partial charge in [0.05, 0.1) is 0 Å². The van der Waals surface area contributed by atoms with E-state index in [1.165, 1.54) is 34.7 Å². The molecule has 0 aliphatic rings. The molecular weight excluding hydrogens is 351 g/mol. The van der Waals surface area contributed by atoms with E-state index < -0.39 is 17.8 Å². The number of hydrogen-bond donors (Lipinski definition) is 0. The summed E-state index contributed by atoms with van der Waals surface area (Å²) in [6, 6.07) is 8.10. The van der Waals surface area contributed by atoms with Crippen molar-refractivity contribution in [1.29, 1.82) is 0 Å². The first kappa shape index (κ1) is 12.9. The SMILES string of the molecule is CS(=O)(=O)[C@@](Cl)(I)C(=O)c1ccccc1. The summed E-state index contributed by atoms with van der Waals surface area (Å²) in [5.41, 5.74) is 0.285. The van der Waals surface area contributed by atoms with Crippen molar-refractivity contribution in [2.45, 2.75) is 2.21 Å². The molecule has 0 bridgehead atoms. The molecule has 0 fully saturated rings. The Labute approximate surface area is 107 Å². The molecule has 1 atom stereocenters. The average molecular weight is 359 g/mol. The molecule has 15 heavy (non-hydrogen) atoms. The minimum Gasteiger partial charge on any atom is -0.290 e. The van der Waals surface area contributed by atoms with Gasteiger partial charge in [-0.25, -0.2) is 8.42 Å². The fraction of sp³-hybridized carbons (Fsp3) is 0.222. The van der Waals surface area contributed by atoms with Crippen LogP contribution in [0.5, 0.6) is 0 Å². The van der Waals surface area contributed by atoms with E-state index in [2.05, 4.69) is 0 Å². The predicted molar refractivity (Wildman–Crippen MR) is 68.2 cm³/mol. The molecule has 0 radical (unpaired) electrons. The summed E-state index contributed by atoms with van der Waals surface area (Å²) in [6.07, 6.45) is 0.938. The van der Waals surface area contributed by atoms with Gasteiger partial charge in [-0.05, 0) is 22.6 Å². The van der Waals surface area contributed by atoms with E-state index in [9.17, 15) is 13.2 Å². The second-order valence-electron chi connectivity index (χ2n) is 2.98. The number of ketones is 1. The molecular formula is C9H8ClIO3S. The number of hydrogen-bond acceptors (Lipinski definition) is 3. The van der Waals surface area contributed by atoms with Crippen LogP contribution in [0.25, 0.3) is 0 Å². The Morgan fingerprint density at radius 3 is 2.20 bits per heavy atom. The number of carbonyl (C=O) groups is 1. The van der Waals surface area contributed by atoms with E-state index in [0.717, 1.165) is 6.26 Å². The summed E-state index contributed by atoms with van der Waals surface area (Å²) < 4.78 is 20.7. The lowest BCUT2D eigenvalue weighted by Gasteiger charge is -2.16. The molecule has 1 aromatic carbocycles. The van der Waals surface area contributed by atoms with E-state index in [4.69, 9.17) is 11.6 Å². The Kier molecular flexibility index (Phi) is 3.78. The molecule has 0 spiro atoms. The summed E-state index contributed by atoms with van der Waals surface area (Å²) in [4.78, 5) is 11.8. The Morgan fingerprint density at radius 2 is 1.80 bits per heavy atom. The van der Waals surface area contributed by atoms with Gasteiger partial charge in [0.2, 0.25) is 5.78 Å². The molecule has 0 amide bonds. The molecule has 0 aliphatic heterocycles. The van der Waals surface area contributed by atoms with Gasteiger partial charge in [-0.3, -0.25) is 4.79 Å². The molecule has 0 aromatic heterocycles. The molecule has 82 valence electrons. The van der Waals surface area contributed by atoms with Crippen LogP contribution in [0.4, 0.5) is 0 Å². The molecule has 6 heteroatoms. The highest BCUT2D eigenvalue weighted by Crippen LogP contribution is 2.34. The molecule has 0 saturated carbocycles. The van der Waals surface area contributed by atoms with E-state index in [-0.39, 0.29) is 5.56 Å². The van der Waals surface area contributed by atoms with Gasteiger partial charge in [-0.2, -0.15) is 0 Å². The van der Waals surface area contributed by atoms with Crippen LogP contribution in [0.2, 0.25) is 0 Å². The van der Waals surface area contributed by atoms with E-state index in [1.54, 1.807) is 18.2 Å². The largest absolute Gasteiger partial charge is 0.290 e. The van der Waals surface area contributed by atoms with Crippen molar-refractivity contribution in [2.75, 3.05) is 6.26 Å². The lowest BCUT2D eigenvalue weighted by Crippen LogP contribution is -2.34. The van der Waals surface area contributed by atoms with E-state index in [1.807, 2.05) is 0 Å². The summed E-state index contributed by atoms with van der Waals surface area (Å²) >= 11 is 7.19. The maximum atomic E-state index is 11.8. The minimum atomic E-state index is -3.65. The molecule has 0 aliphatic carbocycles. The quantitative estimate of drug-likeness (QED) is 0.473. The number of sulfone groups is 1. The van der Waals surface area contributed by atoms with Crippen LogP contribution in [0.15, 0.2) is 30.3 Å². The second kappa shape index (κ2) is 4.39. The van der Waals surface area contributed by atoms with Gasteiger partial charge in [-0.15, -0.1) is 0 Å². The zero-order valence-electron chi connectivity index (χ0n) is 7.78. The molecule has 0 unspecified atom stereocenters. The molecule has 1 rings (SSSR count). The summed E-state index contributed by atoms with van der Waals surface area (Å²) in [7, 11) is -3.65. The van der Waals surface area contributed by atoms with Crippen molar-refractivity contribution < 1.29 is 13.2 Å². The van der Waals surface area contributed by atoms with Crippen LogP contribution in [0, 0.1) is 0 Å². The maximum Gasteiger partial charge on any atom is 0.257 e. The first-order valence-electron chi connectivity index (χ1n) is 3.94. The van der Waals surface area contributed by atoms with Crippen LogP contribution in [-0.4, -0.2) is 22.7 Å². The number of rotatable bonds is 3. The van der Waals surface area contributed by atoms with Crippen molar-refractivity contribution in [3.63, 3.8) is 0 Å². The lowest BCUT2D eigenvalue weighted by molar-refractivity contribution is 0.100. The standard InChI is InChI=1S/C9H8ClIO3S/c1-15(13,14)9(10,11)8(12)7-5-3-2-4-6-7/h2-6H,1H3/t9-/m0/s1. The molecule has 0 N–H and O–H groups in total. The van der Waals surface area contributed by atoms with Gasteiger partial charge in [0.1, 0.15) is 0 Å². The highest BCUT2D eigenvalue weighted by molar-refractivity contribution is 14.1. The third-order valence-corrected chi connectivity index (χ3v) is 6.79. The topological polar surface area (TPSA) is 51.2 Å². The zero-order valence-corrected chi connectivity index (χ0v) is 11.5. The van der Waals surface area contributed by atoms with Crippen LogP contribution >= 0.6 is 34.2 Å². The lowest BCUT2D eigenvalue weighted by atomic mass is 10.1. The van der Waals surface area contributed by atoms with Gasteiger partial charge in [0.15, 0.2) is 9.84 Å². The third kappa shape index (κ3) is 2.70. The first-order chi connectivity index (χ1) is 6.77. The third-order valence-electron chi connectivity index (χ3n) is 1.77. The van der Waals surface area contributed by atoms with Crippen LogP contribution < -0.4 is 0 Å².